The Morgan fingerprint density at radius 3 is 2.29 bits per heavy atom. The number of anilines is 1. The molecule has 0 heterocycles. The molecule has 0 bridgehead atoms. The molecule has 2 aromatic carbocycles. The van der Waals surface area contributed by atoms with E-state index >= 15 is 0 Å². The molecule has 0 fully saturated rings. The standard InChI is InChI=1S/C14H14F2N2O2S/c1-17-12-4-6-13(7-5-12)21(19,20)18-9-10-2-3-11(15)8-14(10)16/h2-8,17-18H,9H2,1H3. The molecule has 0 spiro atoms. The molecule has 21 heavy (non-hydrogen) atoms. The third-order valence-electron chi connectivity index (χ3n) is 2.92. The Hall–Kier alpha value is -1.99. The maximum absolute atomic E-state index is 13.4. The molecule has 0 aliphatic carbocycles. The van der Waals surface area contributed by atoms with E-state index in [1.807, 2.05) is 0 Å². The van der Waals surface area contributed by atoms with Gasteiger partial charge < -0.3 is 5.32 Å². The van der Waals surface area contributed by atoms with Crippen molar-refractivity contribution in [1.82, 2.24) is 4.72 Å². The lowest BCUT2D eigenvalue weighted by Crippen LogP contribution is -2.23. The van der Waals surface area contributed by atoms with Crippen LogP contribution >= 0.6 is 0 Å². The van der Waals surface area contributed by atoms with Crippen LogP contribution in [0.3, 0.4) is 0 Å². The number of halogens is 2. The Morgan fingerprint density at radius 1 is 1.05 bits per heavy atom. The monoisotopic (exact) mass is 312 g/mol. The summed E-state index contributed by atoms with van der Waals surface area (Å²) in [7, 11) is -2.03. The van der Waals surface area contributed by atoms with Gasteiger partial charge >= 0.3 is 0 Å². The summed E-state index contributed by atoms with van der Waals surface area (Å²) in [5, 5.41) is 2.88. The van der Waals surface area contributed by atoms with Gasteiger partial charge in [-0.1, -0.05) is 6.07 Å². The SMILES string of the molecule is CNc1ccc(S(=O)(=O)NCc2ccc(F)cc2F)cc1. The summed E-state index contributed by atoms with van der Waals surface area (Å²) in [6.07, 6.45) is 0. The normalized spacial score (nSPS) is 11.4. The molecule has 2 rings (SSSR count). The summed E-state index contributed by atoms with van der Waals surface area (Å²) >= 11 is 0. The minimum absolute atomic E-state index is 0.0732. The van der Waals surface area contributed by atoms with E-state index in [1.54, 1.807) is 19.2 Å². The van der Waals surface area contributed by atoms with Crippen LogP contribution in [-0.2, 0) is 16.6 Å². The fourth-order valence-electron chi connectivity index (χ4n) is 1.72. The van der Waals surface area contributed by atoms with Crippen LogP contribution < -0.4 is 10.0 Å². The Kier molecular flexibility index (Phi) is 4.54. The minimum atomic E-state index is -3.75. The van der Waals surface area contributed by atoms with Crippen molar-refractivity contribution in [2.75, 3.05) is 12.4 Å². The van der Waals surface area contributed by atoms with Gasteiger partial charge in [0.25, 0.3) is 0 Å². The van der Waals surface area contributed by atoms with E-state index in [2.05, 4.69) is 10.0 Å². The summed E-state index contributed by atoms with van der Waals surface area (Å²) in [6, 6.07) is 9.11. The second-order valence-electron chi connectivity index (χ2n) is 4.33. The van der Waals surface area contributed by atoms with Crippen molar-refractivity contribution in [3.63, 3.8) is 0 Å². The second-order valence-corrected chi connectivity index (χ2v) is 6.10. The van der Waals surface area contributed by atoms with Crippen LogP contribution in [0.15, 0.2) is 47.4 Å². The number of sulfonamides is 1. The highest BCUT2D eigenvalue weighted by Gasteiger charge is 2.14. The van der Waals surface area contributed by atoms with Gasteiger partial charge in [0.05, 0.1) is 4.90 Å². The van der Waals surface area contributed by atoms with Crippen molar-refractivity contribution in [3.05, 3.63) is 59.7 Å². The van der Waals surface area contributed by atoms with Crippen molar-refractivity contribution >= 4 is 15.7 Å². The Balaban J connectivity index is 2.13. The number of hydrogen-bond donors (Lipinski definition) is 2. The van der Waals surface area contributed by atoms with Crippen molar-refractivity contribution in [2.24, 2.45) is 0 Å². The van der Waals surface area contributed by atoms with E-state index in [4.69, 9.17) is 0 Å². The Labute approximate surface area is 121 Å². The third-order valence-corrected chi connectivity index (χ3v) is 4.34. The average molecular weight is 312 g/mol. The van der Waals surface area contributed by atoms with Gasteiger partial charge in [-0.3, -0.25) is 0 Å². The van der Waals surface area contributed by atoms with E-state index in [0.29, 0.717) is 6.07 Å². The van der Waals surface area contributed by atoms with Crippen LogP contribution in [0.2, 0.25) is 0 Å². The molecule has 0 amide bonds. The van der Waals surface area contributed by atoms with Crippen LogP contribution in [0.5, 0.6) is 0 Å². The van der Waals surface area contributed by atoms with Crippen LogP contribution in [-0.4, -0.2) is 15.5 Å². The van der Waals surface area contributed by atoms with Crippen molar-refractivity contribution in [2.45, 2.75) is 11.4 Å². The first-order valence-electron chi connectivity index (χ1n) is 6.14. The predicted molar refractivity (Wildman–Crippen MR) is 76.4 cm³/mol. The van der Waals surface area contributed by atoms with E-state index in [9.17, 15) is 17.2 Å². The van der Waals surface area contributed by atoms with Crippen molar-refractivity contribution in [1.29, 1.82) is 0 Å². The molecule has 0 atom stereocenters. The molecule has 2 aromatic rings. The molecule has 0 radical (unpaired) electrons. The second kappa shape index (κ2) is 6.19. The summed E-state index contributed by atoms with van der Waals surface area (Å²) in [5.41, 5.74) is 0.852. The molecule has 0 saturated heterocycles. The van der Waals surface area contributed by atoms with E-state index in [-0.39, 0.29) is 17.0 Å². The van der Waals surface area contributed by atoms with Gasteiger partial charge in [0.1, 0.15) is 11.6 Å². The van der Waals surface area contributed by atoms with E-state index in [0.717, 1.165) is 11.8 Å². The van der Waals surface area contributed by atoms with Crippen LogP contribution in [0, 0.1) is 11.6 Å². The molecule has 112 valence electrons. The Morgan fingerprint density at radius 2 is 1.71 bits per heavy atom. The van der Waals surface area contributed by atoms with Gasteiger partial charge in [-0.2, -0.15) is 0 Å². The highest BCUT2D eigenvalue weighted by atomic mass is 32.2. The summed E-state index contributed by atoms with van der Waals surface area (Å²) < 4.78 is 52.6. The summed E-state index contributed by atoms with van der Waals surface area (Å²) in [5.74, 6) is -1.50. The number of rotatable bonds is 5. The fraction of sp³-hybridized carbons (Fsp3) is 0.143. The first kappa shape index (κ1) is 15.4. The van der Waals surface area contributed by atoms with Gasteiger partial charge in [0.15, 0.2) is 0 Å². The zero-order valence-electron chi connectivity index (χ0n) is 11.2. The molecule has 2 N–H and O–H groups in total. The first-order chi connectivity index (χ1) is 9.92. The first-order valence-corrected chi connectivity index (χ1v) is 7.62. The lowest BCUT2D eigenvalue weighted by molar-refractivity contribution is 0.562. The molecule has 4 nitrogen and oxygen atoms in total. The van der Waals surface area contributed by atoms with Gasteiger partial charge in [0.2, 0.25) is 10.0 Å². The third kappa shape index (κ3) is 3.77. The smallest absolute Gasteiger partial charge is 0.240 e. The van der Waals surface area contributed by atoms with Crippen LogP contribution in [0.4, 0.5) is 14.5 Å². The molecule has 0 aliphatic rings. The lowest BCUT2D eigenvalue weighted by Gasteiger charge is -2.08. The van der Waals surface area contributed by atoms with Crippen LogP contribution in [0.1, 0.15) is 5.56 Å². The molecular weight excluding hydrogens is 298 g/mol. The van der Waals surface area contributed by atoms with Gasteiger partial charge in [-0.05, 0) is 30.3 Å². The molecule has 0 unspecified atom stereocenters. The number of nitrogens with one attached hydrogen (secondary N) is 2. The topological polar surface area (TPSA) is 58.2 Å². The van der Waals surface area contributed by atoms with Gasteiger partial charge in [-0.25, -0.2) is 21.9 Å². The van der Waals surface area contributed by atoms with E-state index in [1.165, 1.54) is 18.2 Å². The van der Waals surface area contributed by atoms with E-state index < -0.39 is 21.7 Å². The highest BCUT2D eigenvalue weighted by molar-refractivity contribution is 7.89. The number of benzene rings is 2. The highest BCUT2D eigenvalue weighted by Crippen LogP contribution is 2.15. The lowest BCUT2D eigenvalue weighted by atomic mass is 10.2. The summed E-state index contributed by atoms with van der Waals surface area (Å²) in [4.78, 5) is 0.0732. The molecule has 0 aliphatic heterocycles. The largest absolute Gasteiger partial charge is 0.388 e. The fourth-order valence-corrected chi connectivity index (χ4v) is 2.73. The summed E-state index contributed by atoms with van der Waals surface area (Å²) in [6.45, 7) is -0.248. The van der Waals surface area contributed by atoms with Crippen molar-refractivity contribution in [3.8, 4) is 0 Å². The predicted octanol–water partition coefficient (Wildman–Crippen LogP) is 2.49. The molecule has 0 saturated carbocycles. The average Bonchev–Trinajstić information content (AvgIpc) is 2.46. The van der Waals surface area contributed by atoms with Crippen molar-refractivity contribution < 1.29 is 17.2 Å². The quantitative estimate of drug-likeness (QED) is 0.892. The minimum Gasteiger partial charge on any atom is -0.388 e. The zero-order chi connectivity index (χ0) is 15.5. The van der Waals surface area contributed by atoms with Crippen LogP contribution in [0.25, 0.3) is 0 Å². The molecular formula is C14H14F2N2O2S. The maximum Gasteiger partial charge on any atom is 0.240 e. The van der Waals surface area contributed by atoms with Gasteiger partial charge in [0, 0.05) is 30.9 Å². The molecule has 0 aromatic heterocycles. The van der Waals surface area contributed by atoms with Gasteiger partial charge in [-0.15, -0.1) is 0 Å². The Bertz CT molecular complexity index is 731. The zero-order valence-corrected chi connectivity index (χ0v) is 12.0. The number of hydrogen-bond acceptors (Lipinski definition) is 3. The molecule has 7 heteroatoms. The maximum atomic E-state index is 13.4.